The molecule has 1 saturated carbocycles. The lowest BCUT2D eigenvalue weighted by Crippen LogP contribution is -2.38. The summed E-state index contributed by atoms with van der Waals surface area (Å²) in [6, 6.07) is 11.9. The lowest BCUT2D eigenvalue weighted by molar-refractivity contribution is -0.119. The van der Waals surface area contributed by atoms with Crippen molar-refractivity contribution in [1.82, 2.24) is 5.32 Å². The number of fused-ring (bicyclic) bond motifs is 1. The highest BCUT2D eigenvalue weighted by molar-refractivity contribution is 5.80. The van der Waals surface area contributed by atoms with Crippen LogP contribution in [0.2, 0.25) is 0 Å². The predicted molar refractivity (Wildman–Crippen MR) is 137 cm³/mol. The van der Waals surface area contributed by atoms with Crippen LogP contribution in [0.25, 0.3) is 0 Å². The predicted octanol–water partition coefficient (Wildman–Crippen LogP) is 3.93. The van der Waals surface area contributed by atoms with E-state index in [1.54, 1.807) is 24.3 Å². The van der Waals surface area contributed by atoms with Crippen LogP contribution in [0.4, 0.5) is 0 Å². The minimum atomic E-state index is -0.773. The summed E-state index contributed by atoms with van der Waals surface area (Å²) in [7, 11) is 0. The molecule has 2 heterocycles. The Labute approximate surface area is 217 Å². The Kier molecular flexibility index (Phi) is 7.88. The van der Waals surface area contributed by atoms with E-state index in [1.807, 2.05) is 18.2 Å². The topological polar surface area (TPSA) is 116 Å². The highest BCUT2D eigenvalue weighted by atomic mass is 16.6. The van der Waals surface area contributed by atoms with Gasteiger partial charge in [0, 0.05) is 25.5 Å². The van der Waals surface area contributed by atoms with Crippen LogP contribution < -0.4 is 19.5 Å². The molecule has 2 aliphatic heterocycles. The molecule has 0 bridgehead atoms. The van der Waals surface area contributed by atoms with Gasteiger partial charge in [0.25, 0.3) is 0 Å². The minimum Gasteiger partial charge on any atom is -0.508 e. The number of phenolic OH excluding ortho intramolecular Hbond substituents is 1. The normalized spacial score (nSPS) is 26.7. The summed E-state index contributed by atoms with van der Waals surface area (Å²) < 4.78 is 22.9. The molecule has 3 aliphatic rings. The first kappa shape index (κ1) is 25.8. The smallest absolute Gasteiger partial charge is 0.161 e. The number of carbonyl (C=O) groups excluding carboxylic acids is 1. The van der Waals surface area contributed by atoms with E-state index in [1.165, 1.54) is 0 Å². The fraction of sp³-hybridized carbons (Fsp3) is 0.552. The molecule has 2 aromatic rings. The Bertz CT molecular complexity index is 1070. The zero-order valence-electron chi connectivity index (χ0n) is 21.4. The van der Waals surface area contributed by atoms with Gasteiger partial charge in [-0.05, 0) is 73.6 Å². The molecule has 200 valence electrons. The van der Waals surface area contributed by atoms with Crippen molar-refractivity contribution >= 4 is 5.78 Å². The molecule has 0 aromatic heterocycles. The Balaban J connectivity index is 1.21. The number of ketones is 1. The van der Waals surface area contributed by atoms with Crippen molar-refractivity contribution in [1.29, 1.82) is 0 Å². The minimum absolute atomic E-state index is 0.0882. The molecule has 5 rings (SSSR count). The molecule has 8 heteroatoms. The zero-order valence-corrected chi connectivity index (χ0v) is 21.4. The van der Waals surface area contributed by atoms with Crippen LogP contribution in [-0.4, -0.2) is 60.1 Å². The quantitative estimate of drug-likeness (QED) is 0.347. The number of Topliss-reactive ketones (excluding diaryl/α,β-unsaturated/α-hetero) is 1. The van der Waals surface area contributed by atoms with Crippen molar-refractivity contribution in [3.63, 3.8) is 0 Å². The van der Waals surface area contributed by atoms with Gasteiger partial charge in [-0.3, -0.25) is 4.79 Å². The number of aliphatic hydroxyl groups is 1. The SMILES string of the molecule is CCCOC1CC(CC2(C(O)c3ccc4c(c3)OCCO4)NC2CC(=O)CCOc2ccc(O)cc2)C1. The van der Waals surface area contributed by atoms with Crippen LogP contribution in [0.15, 0.2) is 42.5 Å². The monoisotopic (exact) mass is 511 g/mol. The average Bonchev–Trinajstić information content (AvgIpc) is 3.58. The Morgan fingerprint density at radius 1 is 1.11 bits per heavy atom. The summed E-state index contributed by atoms with van der Waals surface area (Å²) in [6.07, 6.45) is 3.91. The van der Waals surface area contributed by atoms with Gasteiger partial charge in [-0.2, -0.15) is 0 Å². The second-order valence-corrected chi connectivity index (χ2v) is 10.4. The summed E-state index contributed by atoms with van der Waals surface area (Å²) in [5.41, 5.74) is 0.206. The Morgan fingerprint density at radius 2 is 1.86 bits per heavy atom. The van der Waals surface area contributed by atoms with Gasteiger partial charge < -0.3 is 34.5 Å². The molecule has 2 fully saturated rings. The lowest BCUT2D eigenvalue weighted by atomic mass is 9.73. The fourth-order valence-electron chi connectivity index (χ4n) is 5.52. The molecule has 8 nitrogen and oxygen atoms in total. The number of benzene rings is 2. The van der Waals surface area contributed by atoms with Gasteiger partial charge in [0.15, 0.2) is 11.5 Å². The van der Waals surface area contributed by atoms with E-state index in [4.69, 9.17) is 18.9 Å². The first-order valence-electron chi connectivity index (χ1n) is 13.4. The van der Waals surface area contributed by atoms with Gasteiger partial charge in [-0.25, -0.2) is 0 Å². The van der Waals surface area contributed by atoms with Gasteiger partial charge in [0.05, 0.1) is 24.4 Å². The number of hydrogen-bond acceptors (Lipinski definition) is 8. The van der Waals surface area contributed by atoms with Crippen molar-refractivity contribution in [2.24, 2.45) is 5.92 Å². The lowest BCUT2D eigenvalue weighted by Gasteiger charge is -2.38. The molecule has 1 saturated heterocycles. The van der Waals surface area contributed by atoms with Gasteiger partial charge in [0.1, 0.15) is 30.5 Å². The molecule has 3 N–H and O–H groups in total. The number of rotatable bonds is 13. The van der Waals surface area contributed by atoms with E-state index >= 15 is 0 Å². The third-order valence-corrected chi connectivity index (χ3v) is 7.65. The molecular weight excluding hydrogens is 474 g/mol. The van der Waals surface area contributed by atoms with E-state index in [9.17, 15) is 15.0 Å². The summed E-state index contributed by atoms with van der Waals surface area (Å²) in [5.74, 6) is 2.66. The number of phenols is 1. The second-order valence-electron chi connectivity index (χ2n) is 10.4. The summed E-state index contributed by atoms with van der Waals surface area (Å²) in [5, 5.41) is 24.5. The van der Waals surface area contributed by atoms with Gasteiger partial charge in [0.2, 0.25) is 0 Å². The Morgan fingerprint density at radius 3 is 2.62 bits per heavy atom. The molecule has 2 aromatic carbocycles. The first-order valence-corrected chi connectivity index (χ1v) is 13.4. The molecule has 3 unspecified atom stereocenters. The largest absolute Gasteiger partial charge is 0.508 e. The molecular formula is C29H37NO7. The maximum atomic E-state index is 12.8. The van der Waals surface area contributed by atoms with Gasteiger partial charge >= 0.3 is 0 Å². The molecule has 0 radical (unpaired) electrons. The number of ether oxygens (including phenoxy) is 4. The summed E-state index contributed by atoms with van der Waals surface area (Å²) >= 11 is 0. The number of carbonyl (C=O) groups is 1. The first-order chi connectivity index (χ1) is 18.0. The summed E-state index contributed by atoms with van der Waals surface area (Å²) in [6.45, 7) is 4.17. The number of aliphatic hydroxyl groups excluding tert-OH is 1. The van der Waals surface area contributed by atoms with Crippen LogP contribution >= 0.6 is 0 Å². The van der Waals surface area contributed by atoms with E-state index in [0.29, 0.717) is 48.9 Å². The molecule has 3 atom stereocenters. The molecule has 37 heavy (non-hydrogen) atoms. The molecule has 0 spiro atoms. The van der Waals surface area contributed by atoms with Crippen molar-refractivity contribution in [2.45, 2.75) is 69.2 Å². The fourth-order valence-corrected chi connectivity index (χ4v) is 5.52. The second kappa shape index (κ2) is 11.3. The highest BCUT2D eigenvalue weighted by Gasteiger charge is 2.60. The van der Waals surface area contributed by atoms with E-state index in [0.717, 1.165) is 37.9 Å². The van der Waals surface area contributed by atoms with Crippen LogP contribution in [0.1, 0.15) is 57.1 Å². The zero-order chi connectivity index (χ0) is 25.8. The van der Waals surface area contributed by atoms with Crippen molar-refractivity contribution in [3.05, 3.63) is 48.0 Å². The van der Waals surface area contributed by atoms with Crippen LogP contribution in [0, 0.1) is 5.92 Å². The molecule has 0 amide bonds. The number of nitrogens with one attached hydrogen (secondary N) is 1. The van der Waals surface area contributed by atoms with Gasteiger partial charge in [-0.1, -0.05) is 13.0 Å². The maximum absolute atomic E-state index is 12.8. The van der Waals surface area contributed by atoms with Crippen molar-refractivity contribution in [3.8, 4) is 23.0 Å². The van der Waals surface area contributed by atoms with Crippen molar-refractivity contribution in [2.75, 3.05) is 26.4 Å². The van der Waals surface area contributed by atoms with E-state index in [2.05, 4.69) is 12.2 Å². The maximum Gasteiger partial charge on any atom is 0.161 e. The standard InChI is InChI=1S/C29H37NO7/c1-2-10-34-24-14-19(15-24)18-29(28(33)20-3-8-25-26(16-20)37-13-12-36-25)27(30-29)17-22(32)9-11-35-23-6-4-21(31)5-7-23/h3-8,16,19,24,27-28,30-31,33H,2,9-15,17-18H2,1H3. The Hall–Kier alpha value is -2.81. The third kappa shape index (κ3) is 6.03. The third-order valence-electron chi connectivity index (χ3n) is 7.65. The van der Waals surface area contributed by atoms with Crippen LogP contribution in [0.3, 0.4) is 0 Å². The molecule has 1 aliphatic carbocycles. The van der Waals surface area contributed by atoms with Crippen molar-refractivity contribution < 1.29 is 34.0 Å². The highest BCUT2D eigenvalue weighted by Crippen LogP contribution is 2.50. The number of hydrogen-bond donors (Lipinski definition) is 3. The van der Waals surface area contributed by atoms with Crippen LogP contribution in [0.5, 0.6) is 23.0 Å². The van der Waals surface area contributed by atoms with E-state index < -0.39 is 11.6 Å². The van der Waals surface area contributed by atoms with Crippen LogP contribution in [-0.2, 0) is 9.53 Å². The summed E-state index contributed by atoms with van der Waals surface area (Å²) in [4.78, 5) is 12.8. The average molecular weight is 512 g/mol. The van der Waals surface area contributed by atoms with Gasteiger partial charge in [-0.15, -0.1) is 0 Å². The number of aromatic hydroxyl groups is 1. The van der Waals surface area contributed by atoms with E-state index in [-0.39, 0.29) is 30.6 Å².